The number of aromatic nitrogens is 2. The molecule has 3 heteroatoms. The lowest BCUT2D eigenvalue weighted by molar-refractivity contribution is 0.143. The number of nitrogens with zero attached hydrogens (tertiary/aromatic N) is 2. The second-order valence-corrected chi connectivity index (χ2v) is 5.32. The fraction of sp³-hybridized carbons (Fsp3) is 0.375. The monoisotopic (exact) mass is 254 g/mol. The molecular weight excluding hydrogens is 236 g/mol. The van der Waals surface area contributed by atoms with E-state index in [1.807, 2.05) is 38.2 Å². The van der Waals surface area contributed by atoms with Gasteiger partial charge in [0.05, 0.1) is 6.10 Å². The molecule has 1 aliphatic rings. The van der Waals surface area contributed by atoms with Gasteiger partial charge in [-0.25, -0.2) is 0 Å². The Bertz CT molecular complexity index is 589. The average Bonchev–Trinajstić information content (AvgIpc) is 2.80. The van der Waals surface area contributed by atoms with Crippen molar-refractivity contribution in [3.63, 3.8) is 0 Å². The van der Waals surface area contributed by atoms with Gasteiger partial charge < -0.3 is 5.11 Å². The van der Waals surface area contributed by atoms with E-state index in [2.05, 4.69) is 16.0 Å². The molecular formula is C16H18N2O. The molecule has 3 rings (SSSR count). The van der Waals surface area contributed by atoms with Crippen molar-refractivity contribution >= 4 is 0 Å². The van der Waals surface area contributed by atoms with Crippen molar-refractivity contribution in [3.8, 4) is 0 Å². The lowest BCUT2D eigenvalue weighted by Gasteiger charge is -2.19. The Kier molecular flexibility index (Phi) is 3.07. The fourth-order valence-electron chi connectivity index (χ4n) is 3.02. The van der Waals surface area contributed by atoms with Gasteiger partial charge in [0.1, 0.15) is 0 Å². The highest BCUT2D eigenvalue weighted by Crippen LogP contribution is 2.40. The average molecular weight is 254 g/mol. The molecule has 2 atom stereocenters. The molecule has 0 bridgehead atoms. The van der Waals surface area contributed by atoms with Crippen LogP contribution in [-0.2, 0) is 6.42 Å². The maximum Gasteiger partial charge on any atom is 0.0875 e. The highest BCUT2D eigenvalue weighted by molar-refractivity contribution is 5.33. The van der Waals surface area contributed by atoms with E-state index in [0.717, 1.165) is 35.5 Å². The maximum atomic E-state index is 10.6. The second kappa shape index (κ2) is 4.74. The van der Waals surface area contributed by atoms with Gasteiger partial charge in [-0.2, -0.15) is 0 Å². The summed E-state index contributed by atoms with van der Waals surface area (Å²) in [6, 6.07) is 8.02. The predicted molar refractivity (Wildman–Crippen MR) is 74.0 cm³/mol. The molecule has 1 aliphatic carbocycles. The molecule has 0 fully saturated rings. The van der Waals surface area contributed by atoms with E-state index in [-0.39, 0.29) is 5.92 Å². The Morgan fingerprint density at radius 2 is 2.00 bits per heavy atom. The molecule has 19 heavy (non-hydrogen) atoms. The minimum Gasteiger partial charge on any atom is -0.388 e. The van der Waals surface area contributed by atoms with Crippen molar-refractivity contribution in [3.05, 3.63) is 58.7 Å². The van der Waals surface area contributed by atoms with Gasteiger partial charge in [0.25, 0.3) is 0 Å². The molecule has 0 aliphatic heterocycles. The van der Waals surface area contributed by atoms with Crippen molar-refractivity contribution in [1.29, 1.82) is 0 Å². The van der Waals surface area contributed by atoms with E-state index in [0.29, 0.717) is 0 Å². The first kappa shape index (κ1) is 12.3. The van der Waals surface area contributed by atoms with Crippen LogP contribution in [-0.4, -0.2) is 15.1 Å². The summed E-state index contributed by atoms with van der Waals surface area (Å²) in [5.74, 6) is 0.109. The smallest absolute Gasteiger partial charge is 0.0875 e. The molecule has 1 N–H and O–H groups in total. The lowest BCUT2D eigenvalue weighted by atomic mass is 9.93. The second-order valence-electron chi connectivity index (χ2n) is 5.32. The number of fused-ring (bicyclic) bond motifs is 1. The van der Waals surface area contributed by atoms with Crippen molar-refractivity contribution in [2.75, 3.05) is 0 Å². The molecule has 0 radical (unpaired) electrons. The number of aliphatic hydroxyl groups is 1. The van der Waals surface area contributed by atoms with E-state index < -0.39 is 6.10 Å². The fourth-order valence-corrected chi connectivity index (χ4v) is 3.02. The molecule has 0 spiro atoms. The van der Waals surface area contributed by atoms with Crippen molar-refractivity contribution in [1.82, 2.24) is 9.97 Å². The van der Waals surface area contributed by atoms with Crippen molar-refractivity contribution in [2.45, 2.75) is 38.7 Å². The third kappa shape index (κ3) is 2.26. The number of rotatable bonds is 2. The summed E-state index contributed by atoms with van der Waals surface area (Å²) in [5, 5.41) is 10.6. The topological polar surface area (TPSA) is 46.0 Å². The molecule has 2 aromatic rings. The SMILES string of the molecule is Cc1cc(C(O)C2CCc3cccnc32)cc(C)n1. The van der Waals surface area contributed by atoms with E-state index in [9.17, 15) is 5.11 Å². The van der Waals surface area contributed by atoms with Crippen molar-refractivity contribution in [2.24, 2.45) is 0 Å². The molecule has 2 heterocycles. The van der Waals surface area contributed by atoms with Gasteiger partial charge in [0.15, 0.2) is 0 Å². The Morgan fingerprint density at radius 1 is 1.26 bits per heavy atom. The standard InChI is InChI=1S/C16H18N2O/c1-10-8-13(9-11(2)18-10)16(19)14-6-5-12-4-3-7-17-15(12)14/h3-4,7-9,14,16,19H,5-6H2,1-2H3. The Balaban J connectivity index is 1.95. The van der Waals surface area contributed by atoms with Gasteiger partial charge >= 0.3 is 0 Å². The number of aliphatic hydroxyl groups excluding tert-OH is 1. The number of hydrogen-bond acceptors (Lipinski definition) is 3. The van der Waals surface area contributed by atoms with Crippen molar-refractivity contribution < 1.29 is 5.11 Å². The Labute approximate surface area is 113 Å². The van der Waals surface area contributed by atoms with E-state index in [1.54, 1.807) is 0 Å². The molecule has 3 nitrogen and oxygen atoms in total. The van der Waals surface area contributed by atoms with Gasteiger partial charge in [0.2, 0.25) is 0 Å². The van der Waals surface area contributed by atoms with Crippen LogP contribution in [0, 0.1) is 13.8 Å². The number of hydrogen-bond donors (Lipinski definition) is 1. The predicted octanol–water partition coefficient (Wildman–Crippen LogP) is 2.86. The first-order chi connectivity index (χ1) is 9.15. The molecule has 0 amide bonds. The molecule has 98 valence electrons. The summed E-state index contributed by atoms with van der Waals surface area (Å²) in [6.45, 7) is 3.92. The zero-order valence-electron chi connectivity index (χ0n) is 11.3. The van der Waals surface area contributed by atoms with Crippen LogP contribution in [0.3, 0.4) is 0 Å². The zero-order chi connectivity index (χ0) is 13.4. The van der Waals surface area contributed by atoms with Gasteiger partial charge in [-0.15, -0.1) is 0 Å². The van der Waals surface area contributed by atoms with Crippen LogP contribution in [0.1, 0.15) is 46.7 Å². The van der Waals surface area contributed by atoms with Crippen LogP contribution in [0.25, 0.3) is 0 Å². The largest absolute Gasteiger partial charge is 0.388 e. The maximum absolute atomic E-state index is 10.6. The quantitative estimate of drug-likeness (QED) is 0.896. The normalized spacial score (nSPS) is 19.2. The summed E-state index contributed by atoms with van der Waals surface area (Å²) in [5.41, 5.74) is 5.19. The van der Waals surface area contributed by atoms with Crippen LogP contribution in [0.2, 0.25) is 0 Å². The highest BCUT2D eigenvalue weighted by atomic mass is 16.3. The molecule has 2 aromatic heterocycles. The summed E-state index contributed by atoms with van der Waals surface area (Å²) in [7, 11) is 0. The summed E-state index contributed by atoms with van der Waals surface area (Å²) in [6.07, 6.45) is 3.30. The van der Waals surface area contributed by atoms with Crippen LogP contribution in [0.15, 0.2) is 30.5 Å². The minimum atomic E-state index is -0.489. The van der Waals surface area contributed by atoms with Crippen LogP contribution < -0.4 is 0 Å². The van der Waals surface area contributed by atoms with Gasteiger partial charge in [-0.05, 0) is 56.0 Å². The van der Waals surface area contributed by atoms with Gasteiger partial charge in [-0.3, -0.25) is 9.97 Å². The minimum absolute atomic E-state index is 0.109. The van der Waals surface area contributed by atoms with Gasteiger partial charge in [-0.1, -0.05) is 6.07 Å². The highest BCUT2D eigenvalue weighted by Gasteiger charge is 2.30. The van der Waals surface area contributed by atoms with Crippen LogP contribution >= 0.6 is 0 Å². The van der Waals surface area contributed by atoms with E-state index in [4.69, 9.17) is 0 Å². The Hall–Kier alpha value is -1.74. The van der Waals surface area contributed by atoms with Crippen LogP contribution in [0.4, 0.5) is 0 Å². The third-order valence-electron chi connectivity index (χ3n) is 3.83. The van der Waals surface area contributed by atoms with E-state index in [1.165, 1.54) is 5.56 Å². The summed E-state index contributed by atoms with van der Waals surface area (Å²) < 4.78 is 0. The first-order valence-electron chi connectivity index (χ1n) is 6.72. The first-order valence-corrected chi connectivity index (χ1v) is 6.72. The molecule has 0 aromatic carbocycles. The van der Waals surface area contributed by atoms with Gasteiger partial charge in [0, 0.05) is 29.2 Å². The Morgan fingerprint density at radius 3 is 2.74 bits per heavy atom. The summed E-state index contributed by atoms with van der Waals surface area (Å²) >= 11 is 0. The molecule has 0 saturated heterocycles. The zero-order valence-corrected chi connectivity index (χ0v) is 11.3. The molecule has 2 unspecified atom stereocenters. The summed E-state index contributed by atoms with van der Waals surface area (Å²) in [4.78, 5) is 8.82. The number of aryl methyl sites for hydroxylation is 3. The van der Waals surface area contributed by atoms with E-state index >= 15 is 0 Å². The molecule has 0 saturated carbocycles. The number of pyridine rings is 2. The lowest BCUT2D eigenvalue weighted by Crippen LogP contribution is -2.10. The third-order valence-corrected chi connectivity index (χ3v) is 3.83. The van der Waals surface area contributed by atoms with Crippen LogP contribution in [0.5, 0.6) is 0 Å².